The van der Waals surface area contributed by atoms with Crippen molar-refractivity contribution in [2.45, 2.75) is 50.1 Å². The van der Waals surface area contributed by atoms with E-state index in [-0.39, 0.29) is 0 Å². The van der Waals surface area contributed by atoms with Gasteiger partial charge in [0.1, 0.15) is 0 Å². The summed E-state index contributed by atoms with van der Waals surface area (Å²) in [4.78, 5) is 3.92. The van der Waals surface area contributed by atoms with Crippen molar-refractivity contribution in [3.05, 3.63) is 23.8 Å². The van der Waals surface area contributed by atoms with E-state index in [2.05, 4.69) is 36.3 Å². The molecule has 0 radical (unpaired) electrons. The summed E-state index contributed by atoms with van der Waals surface area (Å²) in [5.74, 6) is 0. The summed E-state index contributed by atoms with van der Waals surface area (Å²) in [5.41, 5.74) is 8.68. The van der Waals surface area contributed by atoms with Crippen molar-refractivity contribution in [1.82, 2.24) is 0 Å². The quantitative estimate of drug-likeness (QED) is 0.842. The second kappa shape index (κ2) is 6.48. The van der Waals surface area contributed by atoms with Crippen LogP contribution in [0.15, 0.2) is 23.1 Å². The number of nitrogens with two attached hydrogens (primary N) is 1. The average molecular weight is 264 g/mol. The van der Waals surface area contributed by atoms with Crippen molar-refractivity contribution in [2.75, 3.05) is 17.7 Å². The number of rotatable bonds is 4. The summed E-state index contributed by atoms with van der Waals surface area (Å²) in [6.07, 6.45) is 7.36. The Morgan fingerprint density at radius 2 is 2.22 bits per heavy atom. The second-order valence-electron chi connectivity index (χ2n) is 4.91. The molecule has 100 valence electrons. The average Bonchev–Trinajstić information content (AvgIpc) is 2.46. The summed E-state index contributed by atoms with van der Waals surface area (Å²) in [6, 6.07) is 7.29. The van der Waals surface area contributed by atoms with E-state index in [1.54, 1.807) is 11.8 Å². The number of thioether (sulfide) groups is 1. The van der Waals surface area contributed by atoms with E-state index in [1.807, 2.05) is 0 Å². The molecule has 0 bridgehead atoms. The van der Waals surface area contributed by atoms with E-state index >= 15 is 0 Å². The van der Waals surface area contributed by atoms with Gasteiger partial charge in [-0.15, -0.1) is 11.8 Å². The van der Waals surface area contributed by atoms with Crippen molar-refractivity contribution < 1.29 is 0 Å². The van der Waals surface area contributed by atoms with Gasteiger partial charge >= 0.3 is 0 Å². The Bertz CT molecular complexity index is 392. The molecule has 2 N–H and O–H groups in total. The third-order valence-corrected chi connectivity index (χ3v) is 4.76. The van der Waals surface area contributed by atoms with Gasteiger partial charge in [-0.1, -0.05) is 13.0 Å². The molecule has 1 unspecified atom stereocenters. The maximum absolute atomic E-state index is 5.98. The van der Waals surface area contributed by atoms with Crippen LogP contribution in [0.5, 0.6) is 0 Å². The standard InChI is InChI=1S/C15H24N2S/c1-3-12-7-4-5-10-17(12)14-8-6-9-15(18-2)13(14)11-16/h6,8-9,12H,3-5,7,10-11,16H2,1-2H3. The van der Waals surface area contributed by atoms with Crippen molar-refractivity contribution in [1.29, 1.82) is 0 Å². The molecule has 2 rings (SSSR count). The number of benzene rings is 1. The van der Waals surface area contributed by atoms with Crippen LogP contribution in [0.25, 0.3) is 0 Å². The smallest absolute Gasteiger partial charge is 0.0425 e. The molecule has 1 heterocycles. The lowest BCUT2D eigenvalue weighted by atomic mass is 9.98. The third-order valence-electron chi connectivity index (χ3n) is 3.94. The Hall–Kier alpha value is -0.670. The zero-order valence-corrected chi connectivity index (χ0v) is 12.3. The van der Waals surface area contributed by atoms with E-state index in [0.29, 0.717) is 12.6 Å². The molecule has 1 aliphatic heterocycles. The van der Waals surface area contributed by atoms with Crippen molar-refractivity contribution in [3.8, 4) is 0 Å². The van der Waals surface area contributed by atoms with E-state index in [9.17, 15) is 0 Å². The number of hydrogen-bond donors (Lipinski definition) is 1. The van der Waals surface area contributed by atoms with Gasteiger partial charge in [-0.2, -0.15) is 0 Å². The first-order valence-electron chi connectivity index (χ1n) is 6.94. The zero-order chi connectivity index (χ0) is 13.0. The number of hydrogen-bond acceptors (Lipinski definition) is 3. The molecule has 2 nitrogen and oxygen atoms in total. The summed E-state index contributed by atoms with van der Waals surface area (Å²) < 4.78 is 0. The number of nitrogens with zero attached hydrogens (tertiary/aromatic N) is 1. The maximum Gasteiger partial charge on any atom is 0.0425 e. The molecule has 0 aliphatic carbocycles. The van der Waals surface area contributed by atoms with E-state index in [1.165, 1.54) is 48.4 Å². The van der Waals surface area contributed by atoms with Crippen LogP contribution in [-0.4, -0.2) is 18.8 Å². The monoisotopic (exact) mass is 264 g/mol. The van der Waals surface area contributed by atoms with E-state index in [0.717, 1.165) is 0 Å². The van der Waals surface area contributed by atoms with Gasteiger partial charge in [0.25, 0.3) is 0 Å². The minimum Gasteiger partial charge on any atom is -0.368 e. The molecule has 18 heavy (non-hydrogen) atoms. The lowest BCUT2D eigenvalue weighted by molar-refractivity contribution is 0.449. The molecule has 0 saturated carbocycles. The van der Waals surface area contributed by atoms with Gasteiger partial charge in [-0.3, -0.25) is 0 Å². The minimum atomic E-state index is 0.638. The first-order valence-corrected chi connectivity index (χ1v) is 8.16. The van der Waals surface area contributed by atoms with Crippen molar-refractivity contribution >= 4 is 17.4 Å². The second-order valence-corrected chi connectivity index (χ2v) is 5.76. The van der Waals surface area contributed by atoms with Gasteiger partial charge in [0.2, 0.25) is 0 Å². The Kier molecular flexibility index (Phi) is 4.95. The molecular weight excluding hydrogens is 240 g/mol. The summed E-state index contributed by atoms with van der Waals surface area (Å²) in [7, 11) is 0. The van der Waals surface area contributed by atoms with Crippen molar-refractivity contribution in [3.63, 3.8) is 0 Å². The zero-order valence-electron chi connectivity index (χ0n) is 11.5. The highest BCUT2D eigenvalue weighted by Crippen LogP contribution is 2.33. The first kappa shape index (κ1) is 13.8. The fourth-order valence-corrected chi connectivity index (χ4v) is 3.61. The topological polar surface area (TPSA) is 29.3 Å². The van der Waals surface area contributed by atoms with Gasteiger partial charge in [-0.25, -0.2) is 0 Å². The molecule has 0 spiro atoms. The minimum absolute atomic E-state index is 0.638. The molecule has 1 aromatic rings. The fourth-order valence-electron chi connectivity index (χ4n) is 2.96. The Balaban J connectivity index is 2.36. The molecule has 1 aromatic carbocycles. The predicted molar refractivity (Wildman–Crippen MR) is 81.4 cm³/mol. The number of piperidine rings is 1. The summed E-state index contributed by atoms with van der Waals surface area (Å²) in [5, 5.41) is 0. The van der Waals surface area contributed by atoms with Gasteiger partial charge in [-0.05, 0) is 44.1 Å². The maximum atomic E-state index is 5.98. The van der Waals surface area contributed by atoms with E-state index < -0.39 is 0 Å². The highest BCUT2D eigenvalue weighted by molar-refractivity contribution is 7.98. The SMILES string of the molecule is CCC1CCCCN1c1cccc(SC)c1CN. The van der Waals surface area contributed by atoms with Crippen LogP contribution in [0.3, 0.4) is 0 Å². The van der Waals surface area contributed by atoms with Gasteiger partial charge < -0.3 is 10.6 Å². The largest absolute Gasteiger partial charge is 0.368 e. The molecule has 1 fully saturated rings. The lowest BCUT2D eigenvalue weighted by Crippen LogP contribution is -2.39. The Morgan fingerprint density at radius 1 is 1.39 bits per heavy atom. The highest BCUT2D eigenvalue weighted by atomic mass is 32.2. The molecular formula is C15H24N2S. The Labute approximate surface area is 115 Å². The van der Waals surface area contributed by atoms with Crippen LogP contribution in [0.2, 0.25) is 0 Å². The molecule has 0 aromatic heterocycles. The summed E-state index contributed by atoms with van der Waals surface area (Å²) in [6.45, 7) is 4.12. The van der Waals surface area contributed by atoms with Crippen LogP contribution in [0.4, 0.5) is 5.69 Å². The normalized spacial score (nSPS) is 20.2. The molecule has 3 heteroatoms. The van der Waals surface area contributed by atoms with Crippen LogP contribution in [0, 0.1) is 0 Å². The molecule has 1 aliphatic rings. The van der Waals surface area contributed by atoms with Gasteiger partial charge in [0, 0.05) is 35.3 Å². The molecule has 1 atom stereocenters. The molecule has 0 amide bonds. The summed E-state index contributed by atoms with van der Waals surface area (Å²) >= 11 is 1.80. The van der Waals surface area contributed by atoms with Crippen LogP contribution in [0.1, 0.15) is 38.2 Å². The van der Waals surface area contributed by atoms with Crippen molar-refractivity contribution in [2.24, 2.45) is 5.73 Å². The highest BCUT2D eigenvalue weighted by Gasteiger charge is 2.23. The van der Waals surface area contributed by atoms with Gasteiger partial charge in [0.05, 0.1) is 0 Å². The Morgan fingerprint density at radius 3 is 2.89 bits per heavy atom. The predicted octanol–water partition coefficient (Wildman–Crippen LogP) is 3.64. The first-order chi connectivity index (χ1) is 8.81. The van der Waals surface area contributed by atoms with Crippen LogP contribution in [-0.2, 0) is 6.54 Å². The molecule has 1 saturated heterocycles. The third kappa shape index (κ3) is 2.67. The van der Waals surface area contributed by atoms with Gasteiger partial charge in [0.15, 0.2) is 0 Å². The lowest BCUT2D eigenvalue weighted by Gasteiger charge is -2.38. The number of anilines is 1. The van der Waals surface area contributed by atoms with E-state index in [4.69, 9.17) is 5.73 Å². The van der Waals surface area contributed by atoms with Crippen LogP contribution >= 0.6 is 11.8 Å². The fraction of sp³-hybridized carbons (Fsp3) is 0.600. The van der Waals surface area contributed by atoms with Crippen LogP contribution < -0.4 is 10.6 Å².